The van der Waals surface area contributed by atoms with Crippen molar-refractivity contribution in [1.82, 2.24) is 0 Å². The number of rotatable bonds is 1. The number of phenols is 1. The van der Waals surface area contributed by atoms with Crippen LogP contribution in [0.1, 0.15) is 11.9 Å². The normalized spacial score (nSPS) is 12.6. The Morgan fingerprint density at radius 1 is 1.27 bits per heavy atom. The minimum Gasteiger partial charge on any atom is -0.507 e. The Morgan fingerprint density at radius 3 is 2.55 bits per heavy atom. The number of phenolic OH excluding ortho intramolecular Hbond substituents is 1. The number of benzene rings is 1. The minimum absolute atomic E-state index is 0.0440. The van der Waals surface area contributed by atoms with Crippen LogP contribution in [0.15, 0.2) is 12.1 Å². The molecule has 0 saturated carbocycles. The summed E-state index contributed by atoms with van der Waals surface area (Å²) in [6, 6.07) is 2.93. The second-order valence-electron chi connectivity index (χ2n) is 2.30. The molecule has 0 aromatic heterocycles. The number of fused-ring (bicyclic) bond motifs is 1. The summed E-state index contributed by atoms with van der Waals surface area (Å²) in [5, 5.41) is 26.6. The fourth-order valence-electron chi connectivity index (χ4n) is 0.992. The van der Waals surface area contributed by atoms with Crippen LogP contribution in [0.3, 0.4) is 0 Å². The molecule has 3 N–H and O–H groups in total. The topological polar surface area (TPSA) is 73.2 Å². The Labute approximate surface area is 62.3 Å². The van der Waals surface area contributed by atoms with Gasteiger partial charge in [0.2, 0.25) is 0 Å². The average molecular weight is 154 g/mol. The van der Waals surface area contributed by atoms with Gasteiger partial charge in [-0.15, -0.1) is 0 Å². The molecule has 1 aliphatic heterocycles. The van der Waals surface area contributed by atoms with Crippen LogP contribution in [0.25, 0.3) is 0 Å². The first-order chi connectivity index (χ1) is 5.20. The second-order valence-corrected chi connectivity index (χ2v) is 2.30. The second kappa shape index (κ2) is 1.87. The summed E-state index contributed by atoms with van der Waals surface area (Å²) in [5.74, 6) is 0.808. The lowest BCUT2D eigenvalue weighted by Gasteiger charge is -2.01. The van der Waals surface area contributed by atoms with E-state index in [1.807, 2.05) is 0 Å². The molecule has 1 heterocycles. The first-order valence-electron chi connectivity index (χ1n) is 3.10. The number of aromatic hydroxyl groups is 1. The van der Waals surface area contributed by atoms with E-state index in [-0.39, 0.29) is 11.3 Å². The summed E-state index contributed by atoms with van der Waals surface area (Å²) in [6.45, 7) is 0. The lowest BCUT2D eigenvalue weighted by atomic mass is 10.2. The van der Waals surface area contributed by atoms with Crippen LogP contribution in [0.2, 0.25) is 0 Å². The van der Waals surface area contributed by atoms with E-state index in [0.717, 1.165) is 0 Å². The molecular weight excluding hydrogens is 148 g/mol. The van der Waals surface area contributed by atoms with Crippen LogP contribution >= 0.6 is 0 Å². The zero-order chi connectivity index (χ0) is 8.01. The molecule has 1 aliphatic rings. The number of aliphatic hydroxyl groups excluding tert-OH is 1. The molecule has 1 aromatic carbocycles. The molecule has 4 nitrogen and oxygen atoms in total. The maximum Gasteiger partial charge on any atom is 0.185 e. The minimum atomic E-state index is -1.67. The number of hydrogen-bond acceptors (Lipinski definition) is 4. The third-order valence-electron chi connectivity index (χ3n) is 1.57. The van der Waals surface area contributed by atoms with E-state index in [0.29, 0.717) is 11.5 Å². The van der Waals surface area contributed by atoms with Gasteiger partial charge in [-0.2, -0.15) is 0 Å². The summed E-state index contributed by atoms with van der Waals surface area (Å²) >= 11 is 0. The van der Waals surface area contributed by atoms with Gasteiger partial charge in [-0.3, -0.25) is 0 Å². The molecule has 0 spiro atoms. The molecule has 0 aliphatic carbocycles. The largest absolute Gasteiger partial charge is 0.507 e. The van der Waals surface area contributed by atoms with Crippen LogP contribution in [0, 0.1) is 0 Å². The lowest BCUT2D eigenvalue weighted by molar-refractivity contribution is -0.0439. The van der Waals surface area contributed by atoms with Crippen molar-refractivity contribution in [2.24, 2.45) is 0 Å². The van der Waals surface area contributed by atoms with Crippen molar-refractivity contribution < 1.29 is 20.1 Å². The fraction of sp³-hybridized carbons (Fsp3) is 0.143. The molecule has 58 valence electrons. The molecule has 11 heavy (non-hydrogen) atoms. The standard InChI is InChI=1S/C7H6O4/c8-3-1-2-4-6(11-4)5(3)7(9)10/h1-2,7-10H. The van der Waals surface area contributed by atoms with Gasteiger partial charge in [0.25, 0.3) is 0 Å². The van der Waals surface area contributed by atoms with Gasteiger partial charge >= 0.3 is 0 Å². The predicted molar refractivity (Wildman–Crippen MR) is 35.4 cm³/mol. The third kappa shape index (κ3) is 0.840. The smallest absolute Gasteiger partial charge is 0.185 e. The number of ether oxygens (including phenoxy) is 1. The van der Waals surface area contributed by atoms with E-state index < -0.39 is 6.29 Å². The Balaban J connectivity index is 2.55. The summed E-state index contributed by atoms with van der Waals surface area (Å²) in [6.07, 6.45) is -1.67. The van der Waals surface area contributed by atoms with Gasteiger partial charge in [-0.05, 0) is 12.1 Å². The van der Waals surface area contributed by atoms with Gasteiger partial charge in [0.1, 0.15) is 5.75 Å². The van der Waals surface area contributed by atoms with E-state index in [2.05, 4.69) is 0 Å². The SMILES string of the molecule is Oc1ccc2c(c1C(O)O)O2. The molecule has 4 heteroatoms. The van der Waals surface area contributed by atoms with Crippen molar-refractivity contribution in [3.8, 4) is 17.2 Å². The van der Waals surface area contributed by atoms with Crippen LogP contribution in [0.5, 0.6) is 17.2 Å². The Bertz CT molecular complexity index is 302. The van der Waals surface area contributed by atoms with Gasteiger partial charge in [0, 0.05) is 0 Å². The highest BCUT2D eigenvalue weighted by molar-refractivity contribution is 5.64. The molecular formula is C7H6O4. The number of aliphatic hydroxyl groups is 2. The van der Waals surface area contributed by atoms with Crippen molar-refractivity contribution in [1.29, 1.82) is 0 Å². The molecule has 0 radical (unpaired) electrons. The highest BCUT2D eigenvalue weighted by Gasteiger charge is 2.30. The van der Waals surface area contributed by atoms with Gasteiger partial charge < -0.3 is 20.1 Å². The maximum absolute atomic E-state index is 9.10. The molecule has 2 rings (SSSR count). The Hall–Kier alpha value is -1.26. The van der Waals surface area contributed by atoms with E-state index in [4.69, 9.17) is 20.1 Å². The van der Waals surface area contributed by atoms with E-state index in [1.165, 1.54) is 6.07 Å². The predicted octanol–water partition coefficient (Wildman–Crippen LogP) is 0.481. The molecule has 0 fully saturated rings. The highest BCUT2D eigenvalue weighted by Crippen LogP contribution is 2.52. The van der Waals surface area contributed by atoms with Crippen molar-refractivity contribution in [3.05, 3.63) is 17.7 Å². The van der Waals surface area contributed by atoms with Crippen LogP contribution in [0.4, 0.5) is 0 Å². The van der Waals surface area contributed by atoms with Gasteiger partial charge in [-0.25, -0.2) is 0 Å². The van der Waals surface area contributed by atoms with Gasteiger partial charge in [0.15, 0.2) is 17.8 Å². The van der Waals surface area contributed by atoms with E-state index >= 15 is 0 Å². The summed E-state index contributed by atoms with van der Waals surface area (Å²) in [4.78, 5) is 0. The van der Waals surface area contributed by atoms with Gasteiger partial charge in [0.05, 0.1) is 5.56 Å². The molecule has 0 saturated heterocycles. The first-order valence-corrected chi connectivity index (χ1v) is 3.10. The Kier molecular flexibility index (Phi) is 1.10. The Morgan fingerprint density at radius 2 is 2.00 bits per heavy atom. The van der Waals surface area contributed by atoms with Crippen molar-refractivity contribution in [3.63, 3.8) is 0 Å². The lowest BCUT2D eigenvalue weighted by Crippen LogP contribution is -1.92. The average Bonchev–Trinajstić information content (AvgIpc) is 2.64. The molecule has 0 atom stereocenters. The zero-order valence-corrected chi connectivity index (χ0v) is 5.48. The first kappa shape index (κ1) is 6.45. The maximum atomic E-state index is 9.10. The zero-order valence-electron chi connectivity index (χ0n) is 5.48. The summed E-state index contributed by atoms with van der Waals surface area (Å²) in [5.41, 5.74) is 0.0440. The van der Waals surface area contributed by atoms with Crippen LogP contribution < -0.4 is 4.74 Å². The van der Waals surface area contributed by atoms with Crippen molar-refractivity contribution >= 4 is 0 Å². The third-order valence-corrected chi connectivity index (χ3v) is 1.57. The van der Waals surface area contributed by atoms with E-state index in [9.17, 15) is 0 Å². The molecule has 0 amide bonds. The highest BCUT2D eigenvalue weighted by atomic mass is 16.6. The summed E-state index contributed by atoms with van der Waals surface area (Å²) in [7, 11) is 0. The van der Waals surface area contributed by atoms with E-state index in [1.54, 1.807) is 6.07 Å². The van der Waals surface area contributed by atoms with Crippen molar-refractivity contribution in [2.75, 3.05) is 0 Å². The monoisotopic (exact) mass is 154 g/mol. The van der Waals surface area contributed by atoms with Gasteiger partial charge in [-0.1, -0.05) is 0 Å². The number of hydrogen-bond donors (Lipinski definition) is 3. The molecule has 1 aromatic rings. The van der Waals surface area contributed by atoms with Crippen LogP contribution in [-0.2, 0) is 0 Å². The fourth-order valence-corrected chi connectivity index (χ4v) is 0.992. The molecule has 0 unspecified atom stereocenters. The molecule has 0 bridgehead atoms. The van der Waals surface area contributed by atoms with Crippen molar-refractivity contribution in [2.45, 2.75) is 6.29 Å². The quantitative estimate of drug-likeness (QED) is 0.412. The summed E-state index contributed by atoms with van der Waals surface area (Å²) < 4.78 is 4.83. The van der Waals surface area contributed by atoms with Crippen LogP contribution in [-0.4, -0.2) is 15.3 Å².